The van der Waals surface area contributed by atoms with Crippen molar-refractivity contribution in [1.29, 1.82) is 0 Å². The summed E-state index contributed by atoms with van der Waals surface area (Å²) in [7, 11) is 0. The summed E-state index contributed by atoms with van der Waals surface area (Å²) in [6, 6.07) is 18.6. The Bertz CT molecular complexity index is 1170. The maximum Gasteiger partial charge on any atom is 0.303 e. The van der Waals surface area contributed by atoms with Gasteiger partial charge in [-0.1, -0.05) is 66.7 Å². The van der Waals surface area contributed by atoms with Gasteiger partial charge in [0, 0.05) is 12.5 Å². The molecule has 3 fully saturated rings. The summed E-state index contributed by atoms with van der Waals surface area (Å²) >= 11 is 0. The van der Waals surface area contributed by atoms with Gasteiger partial charge < -0.3 is 53.2 Å². The number of aliphatic hydroxyl groups excluding tert-OH is 3. The maximum atomic E-state index is 12.0. The van der Waals surface area contributed by atoms with Crippen LogP contribution in [0.5, 0.6) is 0 Å². The molecule has 0 aliphatic carbocycles. The van der Waals surface area contributed by atoms with Gasteiger partial charge in [0.25, 0.3) is 0 Å². The van der Waals surface area contributed by atoms with E-state index in [4.69, 9.17) is 37.9 Å². The van der Waals surface area contributed by atoms with Crippen molar-refractivity contribution in [2.24, 2.45) is 0 Å². The van der Waals surface area contributed by atoms with Crippen LogP contribution in [0.4, 0.5) is 0 Å². The highest BCUT2D eigenvalue weighted by Crippen LogP contribution is 2.37. The predicted molar refractivity (Wildman–Crippen MR) is 148 cm³/mol. The van der Waals surface area contributed by atoms with Crippen LogP contribution in [0, 0.1) is 0 Å². The van der Waals surface area contributed by atoms with Crippen molar-refractivity contribution in [3.8, 4) is 0 Å². The van der Waals surface area contributed by atoms with E-state index in [0.717, 1.165) is 11.1 Å². The molecule has 3 saturated heterocycles. The standard InChI is InChI=1S/C31H38O12/c1-3-14-36-27-24(35)30(41-22-17-38-29(43-26(22)27)20-12-8-5-9-13-20)42-25-21(15-32)40-31(28(23(25)34)39-18(2)33)37-16-19-10-6-4-7-11-19/h3-13,21-32,34-35H,1,14-17H2,2H3/t21-,22-,23+,24-,25-,26+,27-,28-,29+,30+,31?/m1/s1. The van der Waals surface area contributed by atoms with E-state index in [2.05, 4.69) is 6.58 Å². The molecule has 0 spiro atoms. The zero-order valence-electron chi connectivity index (χ0n) is 23.8. The fourth-order valence-corrected chi connectivity index (χ4v) is 5.39. The minimum Gasteiger partial charge on any atom is -0.454 e. The van der Waals surface area contributed by atoms with E-state index in [1.807, 2.05) is 60.7 Å². The second kappa shape index (κ2) is 14.8. The van der Waals surface area contributed by atoms with Crippen LogP contribution in [0.25, 0.3) is 0 Å². The molecule has 5 rings (SSSR count). The zero-order chi connectivity index (χ0) is 30.3. The van der Waals surface area contributed by atoms with Gasteiger partial charge in [-0.15, -0.1) is 6.58 Å². The van der Waals surface area contributed by atoms with Crippen LogP contribution in [0.3, 0.4) is 0 Å². The topological polar surface area (TPSA) is 152 Å². The van der Waals surface area contributed by atoms with E-state index in [0.29, 0.717) is 0 Å². The zero-order valence-corrected chi connectivity index (χ0v) is 23.8. The number of hydrogen-bond donors (Lipinski definition) is 3. The third kappa shape index (κ3) is 7.49. The van der Waals surface area contributed by atoms with Gasteiger partial charge in [0.05, 0.1) is 26.4 Å². The molecular weight excluding hydrogens is 564 g/mol. The lowest BCUT2D eigenvalue weighted by Crippen LogP contribution is -2.66. The van der Waals surface area contributed by atoms with Gasteiger partial charge >= 0.3 is 5.97 Å². The Kier molecular flexibility index (Phi) is 10.9. The van der Waals surface area contributed by atoms with Crippen LogP contribution in [0.15, 0.2) is 73.3 Å². The average Bonchev–Trinajstić information content (AvgIpc) is 3.03. The second-order valence-corrected chi connectivity index (χ2v) is 10.5. The number of fused-ring (bicyclic) bond motifs is 1. The highest BCUT2D eigenvalue weighted by Gasteiger charge is 2.54. The third-order valence-corrected chi connectivity index (χ3v) is 7.43. The van der Waals surface area contributed by atoms with Crippen LogP contribution in [0.2, 0.25) is 0 Å². The van der Waals surface area contributed by atoms with Crippen LogP contribution in [-0.4, -0.2) is 103 Å². The fraction of sp³-hybridized carbons (Fsp3) is 0.516. The third-order valence-electron chi connectivity index (χ3n) is 7.43. The monoisotopic (exact) mass is 602 g/mol. The molecule has 1 unspecified atom stereocenters. The van der Waals surface area contributed by atoms with E-state index in [9.17, 15) is 20.1 Å². The number of benzene rings is 2. The smallest absolute Gasteiger partial charge is 0.303 e. The van der Waals surface area contributed by atoms with Crippen LogP contribution in [0.1, 0.15) is 24.3 Å². The normalized spacial score (nSPS) is 36.0. The molecule has 3 aliphatic heterocycles. The quantitative estimate of drug-likeness (QED) is 0.252. The second-order valence-electron chi connectivity index (χ2n) is 10.5. The van der Waals surface area contributed by atoms with Crippen molar-refractivity contribution in [1.82, 2.24) is 0 Å². The molecule has 12 nitrogen and oxygen atoms in total. The Hall–Kier alpha value is -2.75. The highest BCUT2D eigenvalue weighted by molar-refractivity contribution is 5.66. The lowest BCUT2D eigenvalue weighted by molar-refractivity contribution is -0.388. The molecule has 234 valence electrons. The Morgan fingerprint density at radius 2 is 1.65 bits per heavy atom. The number of ether oxygens (including phenoxy) is 8. The molecule has 0 bridgehead atoms. The van der Waals surface area contributed by atoms with Gasteiger partial charge in [-0.3, -0.25) is 4.79 Å². The minimum absolute atomic E-state index is 0.0967. The van der Waals surface area contributed by atoms with E-state index >= 15 is 0 Å². The van der Waals surface area contributed by atoms with Gasteiger partial charge in [-0.05, 0) is 5.56 Å². The van der Waals surface area contributed by atoms with Crippen LogP contribution in [-0.2, 0) is 49.3 Å². The van der Waals surface area contributed by atoms with Crippen LogP contribution < -0.4 is 0 Å². The summed E-state index contributed by atoms with van der Waals surface area (Å²) in [6.07, 6.45) is -10.7. The first-order valence-electron chi connectivity index (χ1n) is 14.2. The number of carbonyl (C=O) groups excluding carboxylic acids is 1. The first-order valence-corrected chi connectivity index (χ1v) is 14.2. The van der Waals surface area contributed by atoms with Crippen molar-refractivity contribution in [2.75, 3.05) is 19.8 Å². The molecule has 0 aromatic heterocycles. The van der Waals surface area contributed by atoms with Crippen molar-refractivity contribution in [2.45, 2.75) is 81.2 Å². The summed E-state index contributed by atoms with van der Waals surface area (Å²) in [5, 5.41) is 32.9. The van der Waals surface area contributed by atoms with E-state index in [1.54, 1.807) is 6.08 Å². The first-order chi connectivity index (χ1) is 20.9. The van der Waals surface area contributed by atoms with E-state index < -0.39 is 80.3 Å². The van der Waals surface area contributed by atoms with Crippen LogP contribution >= 0.6 is 0 Å². The molecule has 3 heterocycles. The highest BCUT2D eigenvalue weighted by atomic mass is 16.8. The van der Waals surface area contributed by atoms with Gasteiger partial charge in [0.15, 0.2) is 25.0 Å². The number of hydrogen-bond acceptors (Lipinski definition) is 12. The lowest BCUT2D eigenvalue weighted by Gasteiger charge is -2.50. The molecular formula is C31H38O12. The maximum absolute atomic E-state index is 12.0. The number of esters is 1. The first kappa shape index (κ1) is 31.7. The van der Waals surface area contributed by atoms with Gasteiger partial charge in [-0.2, -0.15) is 0 Å². The fourth-order valence-electron chi connectivity index (χ4n) is 5.39. The SMILES string of the molecule is C=CCO[C@@H]1[C@@H](O)[C@H](O[C@H]2[C@H](O)[C@@H](OC(C)=O)C(OCc3ccccc3)O[C@@H]2CO)O[C@@H]2CO[C@H](c3ccccc3)O[C@H]12. The largest absolute Gasteiger partial charge is 0.454 e. The van der Waals surface area contributed by atoms with Crippen molar-refractivity contribution < 1.29 is 58.0 Å². The van der Waals surface area contributed by atoms with Gasteiger partial charge in [0.1, 0.15) is 42.7 Å². The molecule has 2 aromatic carbocycles. The van der Waals surface area contributed by atoms with E-state index in [-0.39, 0.29) is 19.8 Å². The summed E-state index contributed by atoms with van der Waals surface area (Å²) < 4.78 is 47.3. The van der Waals surface area contributed by atoms with Crippen molar-refractivity contribution in [3.63, 3.8) is 0 Å². The predicted octanol–water partition coefficient (Wildman–Crippen LogP) is 1.37. The molecule has 0 amide bonds. The van der Waals surface area contributed by atoms with Crippen molar-refractivity contribution in [3.05, 3.63) is 84.4 Å². The average molecular weight is 603 g/mol. The summed E-state index contributed by atoms with van der Waals surface area (Å²) in [5.74, 6) is -0.679. The minimum atomic E-state index is -1.52. The molecule has 2 aromatic rings. The Morgan fingerprint density at radius 3 is 2.33 bits per heavy atom. The molecule has 0 saturated carbocycles. The summed E-state index contributed by atoms with van der Waals surface area (Å²) in [4.78, 5) is 12.0. The molecule has 0 radical (unpaired) electrons. The number of rotatable bonds is 11. The molecule has 12 heteroatoms. The van der Waals surface area contributed by atoms with Gasteiger partial charge in [0.2, 0.25) is 0 Å². The number of carbonyl (C=O) groups is 1. The number of aliphatic hydroxyl groups is 3. The Labute approximate surface area is 249 Å². The summed E-state index contributed by atoms with van der Waals surface area (Å²) in [5.41, 5.74) is 1.62. The molecule has 3 N–H and O–H groups in total. The lowest BCUT2D eigenvalue weighted by atomic mass is 9.96. The summed E-state index contributed by atoms with van der Waals surface area (Å²) in [6.45, 7) is 4.62. The molecule has 43 heavy (non-hydrogen) atoms. The molecule has 11 atom stereocenters. The van der Waals surface area contributed by atoms with Crippen molar-refractivity contribution >= 4 is 5.97 Å². The van der Waals surface area contributed by atoms with Gasteiger partial charge in [-0.25, -0.2) is 0 Å². The molecule has 3 aliphatic rings. The van der Waals surface area contributed by atoms with E-state index in [1.165, 1.54) is 6.92 Å². The Balaban J connectivity index is 1.31. The Morgan fingerprint density at radius 1 is 0.930 bits per heavy atom.